The first-order chi connectivity index (χ1) is 14.4. The van der Waals surface area contributed by atoms with Gasteiger partial charge in [0.1, 0.15) is 24.0 Å². The molecule has 0 aliphatic heterocycles. The molecule has 0 saturated carbocycles. The third-order valence-corrected chi connectivity index (χ3v) is 4.45. The second kappa shape index (κ2) is 11.0. The van der Waals surface area contributed by atoms with Gasteiger partial charge in [-0.1, -0.05) is 31.5 Å². The van der Waals surface area contributed by atoms with Gasteiger partial charge in [-0.3, -0.25) is 4.79 Å². The van der Waals surface area contributed by atoms with Gasteiger partial charge in [0.25, 0.3) is 5.91 Å². The summed E-state index contributed by atoms with van der Waals surface area (Å²) >= 11 is 0. The van der Waals surface area contributed by atoms with Crippen molar-refractivity contribution in [2.45, 2.75) is 51.9 Å². The molecule has 3 atom stereocenters. The Hall–Kier alpha value is -3.29. The van der Waals surface area contributed by atoms with Gasteiger partial charge in [-0.2, -0.15) is 0 Å². The lowest BCUT2D eigenvalue weighted by Crippen LogP contribution is -2.43. The largest absolute Gasteiger partial charge is 0.503 e. The highest BCUT2D eigenvalue weighted by Gasteiger charge is 2.27. The first kappa shape index (κ1) is 23.0. The zero-order valence-corrected chi connectivity index (χ0v) is 17.6. The first-order valence-corrected chi connectivity index (χ1v) is 9.82. The van der Waals surface area contributed by atoms with Crippen molar-refractivity contribution in [2.75, 3.05) is 7.11 Å². The number of pyridine rings is 1. The Morgan fingerprint density at radius 1 is 1.17 bits per heavy atom. The second-order valence-corrected chi connectivity index (χ2v) is 6.81. The predicted octanol–water partition coefficient (Wildman–Crippen LogP) is 3.09. The van der Waals surface area contributed by atoms with Crippen LogP contribution in [0.4, 0.5) is 0 Å². The molecule has 0 aliphatic carbocycles. The van der Waals surface area contributed by atoms with Gasteiger partial charge in [-0.15, -0.1) is 0 Å². The third-order valence-electron chi connectivity index (χ3n) is 4.45. The zero-order chi connectivity index (χ0) is 22.1. The Morgan fingerprint density at radius 3 is 2.50 bits per heavy atom. The van der Waals surface area contributed by atoms with Crippen LogP contribution >= 0.6 is 0 Å². The quantitative estimate of drug-likeness (QED) is 0.573. The minimum atomic E-state index is -0.951. The van der Waals surface area contributed by atoms with Gasteiger partial charge >= 0.3 is 5.97 Å². The molecule has 1 heterocycles. The molecule has 0 bridgehead atoms. The number of para-hydroxylation sites is 1. The number of amides is 1. The highest BCUT2D eigenvalue weighted by Crippen LogP contribution is 2.27. The third kappa shape index (κ3) is 6.10. The van der Waals surface area contributed by atoms with Crippen molar-refractivity contribution >= 4 is 11.9 Å². The molecule has 1 aromatic heterocycles. The molecule has 30 heavy (non-hydrogen) atoms. The van der Waals surface area contributed by atoms with E-state index in [0.717, 1.165) is 6.42 Å². The van der Waals surface area contributed by atoms with E-state index in [4.69, 9.17) is 14.2 Å². The minimum absolute atomic E-state index is 0.111. The van der Waals surface area contributed by atoms with Crippen molar-refractivity contribution in [1.82, 2.24) is 10.3 Å². The Morgan fingerprint density at radius 2 is 1.87 bits per heavy atom. The summed E-state index contributed by atoms with van der Waals surface area (Å²) in [5, 5.41) is 12.5. The van der Waals surface area contributed by atoms with Crippen LogP contribution in [0.3, 0.4) is 0 Å². The predicted molar refractivity (Wildman–Crippen MR) is 111 cm³/mol. The number of hydrogen-bond donors (Lipinski definition) is 2. The Balaban J connectivity index is 2.00. The van der Waals surface area contributed by atoms with Crippen LogP contribution in [0.2, 0.25) is 0 Å². The second-order valence-electron chi connectivity index (χ2n) is 6.81. The van der Waals surface area contributed by atoms with E-state index in [9.17, 15) is 14.7 Å². The van der Waals surface area contributed by atoms with Gasteiger partial charge in [0.15, 0.2) is 17.2 Å². The van der Waals surface area contributed by atoms with Crippen LogP contribution in [0, 0.1) is 0 Å². The number of benzene rings is 1. The molecule has 0 spiro atoms. The standard InChI is InChI=1S/C22H28N2O6/c1-5-9-17(15(3)29-16-10-7-6-8-11-16)30-22(27)14(2)24-21(26)19-20(25)18(28-4)12-13-23-19/h6-8,10-15,17,25H,5,9H2,1-4H3,(H,24,26)/t14-,15+,17+/m0/s1. The molecule has 162 valence electrons. The molecule has 2 N–H and O–H groups in total. The molecule has 0 fully saturated rings. The molecular weight excluding hydrogens is 388 g/mol. The summed E-state index contributed by atoms with van der Waals surface area (Å²) in [6.07, 6.45) is 1.88. The fourth-order valence-electron chi connectivity index (χ4n) is 2.81. The fraction of sp³-hybridized carbons (Fsp3) is 0.409. The lowest BCUT2D eigenvalue weighted by molar-refractivity contribution is -0.155. The van der Waals surface area contributed by atoms with E-state index in [-0.39, 0.29) is 17.5 Å². The van der Waals surface area contributed by atoms with Crippen LogP contribution in [-0.2, 0) is 9.53 Å². The van der Waals surface area contributed by atoms with Crippen LogP contribution in [-0.4, -0.2) is 47.3 Å². The summed E-state index contributed by atoms with van der Waals surface area (Å²) in [7, 11) is 1.36. The lowest BCUT2D eigenvalue weighted by atomic mass is 10.1. The van der Waals surface area contributed by atoms with Gasteiger partial charge in [0.2, 0.25) is 0 Å². The number of hydrogen-bond acceptors (Lipinski definition) is 7. The average Bonchev–Trinajstić information content (AvgIpc) is 2.74. The smallest absolute Gasteiger partial charge is 0.328 e. The van der Waals surface area contributed by atoms with E-state index >= 15 is 0 Å². The lowest BCUT2D eigenvalue weighted by Gasteiger charge is -2.26. The highest BCUT2D eigenvalue weighted by atomic mass is 16.6. The normalized spacial score (nSPS) is 13.6. The number of aromatic nitrogens is 1. The topological polar surface area (TPSA) is 107 Å². The Labute approximate surface area is 176 Å². The van der Waals surface area contributed by atoms with E-state index in [1.807, 2.05) is 44.2 Å². The number of nitrogens with one attached hydrogen (secondary N) is 1. The summed E-state index contributed by atoms with van der Waals surface area (Å²) in [6, 6.07) is 9.75. The molecule has 1 amide bonds. The molecule has 2 rings (SSSR count). The van der Waals surface area contributed by atoms with E-state index in [1.54, 1.807) is 0 Å². The van der Waals surface area contributed by atoms with Gasteiger partial charge in [0.05, 0.1) is 7.11 Å². The minimum Gasteiger partial charge on any atom is -0.503 e. The van der Waals surface area contributed by atoms with Crippen molar-refractivity contribution in [3.05, 3.63) is 48.3 Å². The summed E-state index contributed by atoms with van der Waals surface area (Å²) < 4.78 is 16.5. The maximum absolute atomic E-state index is 12.6. The monoisotopic (exact) mass is 416 g/mol. The van der Waals surface area contributed by atoms with E-state index in [1.165, 1.54) is 26.3 Å². The zero-order valence-electron chi connectivity index (χ0n) is 17.6. The maximum atomic E-state index is 12.6. The van der Waals surface area contributed by atoms with Crippen LogP contribution in [0.25, 0.3) is 0 Å². The van der Waals surface area contributed by atoms with Gasteiger partial charge < -0.3 is 24.6 Å². The van der Waals surface area contributed by atoms with Crippen LogP contribution < -0.4 is 14.8 Å². The maximum Gasteiger partial charge on any atom is 0.328 e. The Kier molecular flexibility index (Phi) is 8.46. The summed E-state index contributed by atoms with van der Waals surface area (Å²) in [5.74, 6) is -0.917. The van der Waals surface area contributed by atoms with E-state index < -0.39 is 29.8 Å². The van der Waals surface area contributed by atoms with Gasteiger partial charge in [-0.05, 0) is 32.4 Å². The summed E-state index contributed by atoms with van der Waals surface area (Å²) in [4.78, 5) is 28.8. The van der Waals surface area contributed by atoms with Gasteiger partial charge in [0, 0.05) is 12.3 Å². The molecule has 2 aromatic rings. The molecule has 0 unspecified atom stereocenters. The summed E-state index contributed by atoms with van der Waals surface area (Å²) in [5.41, 5.74) is -0.236. The van der Waals surface area contributed by atoms with Crippen molar-refractivity contribution in [3.8, 4) is 17.2 Å². The number of methoxy groups -OCH3 is 1. The molecule has 8 heteroatoms. The first-order valence-electron chi connectivity index (χ1n) is 9.82. The summed E-state index contributed by atoms with van der Waals surface area (Å²) in [6.45, 7) is 5.32. The number of carbonyl (C=O) groups excluding carboxylic acids is 2. The van der Waals surface area contributed by atoms with Crippen LogP contribution in [0.15, 0.2) is 42.6 Å². The number of carbonyl (C=O) groups is 2. The Bertz CT molecular complexity index is 843. The van der Waals surface area contributed by atoms with E-state index in [2.05, 4.69) is 10.3 Å². The van der Waals surface area contributed by atoms with E-state index in [0.29, 0.717) is 12.2 Å². The highest BCUT2D eigenvalue weighted by molar-refractivity contribution is 5.97. The number of nitrogens with zero attached hydrogens (tertiary/aromatic N) is 1. The SMILES string of the molecule is CCC[C@@H](OC(=O)[C@H](C)NC(=O)c1nccc(OC)c1O)[C@@H](C)Oc1ccccc1. The van der Waals surface area contributed by atoms with Gasteiger partial charge in [-0.25, -0.2) is 9.78 Å². The number of rotatable bonds is 10. The molecule has 0 saturated heterocycles. The van der Waals surface area contributed by atoms with Crippen molar-refractivity contribution in [1.29, 1.82) is 0 Å². The van der Waals surface area contributed by atoms with Crippen LogP contribution in [0.5, 0.6) is 17.2 Å². The van der Waals surface area contributed by atoms with Crippen molar-refractivity contribution in [3.63, 3.8) is 0 Å². The number of aromatic hydroxyl groups is 1. The molecule has 0 aliphatic rings. The fourth-order valence-corrected chi connectivity index (χ4v) is 2.81. The van der Waals surface area contributed by atoms with Crippen LogP contribution in [0.1, 0.15) is 44.1 Å². The number of ether oxygens (including phenoxy) is 3. The molecule has 8 nitrogen and oxygen atoms in total. The van der Waals surface area contributed by atoms with Crippen molar-refractivity contribution in [2.24, 2.45) is 0 Å². The molecular formula is C22H28N2O6. The average molecular weight is 416 g/mol. The van der Waals surface area contributed by atoms with Crippen molar-refractivity contribution < 1.29 is 28.9 Å². The molecule has 0 radical (unpaired) electrons. The number of esters is 1. The molecule has 1 aromatic carbocycles.